The Morgan fingerprint density at radius 3 is 2.42 bits per heavy atom. The lowest BCUT2D eigenvalue weighted by atomic mass is 10.1. The second-order valence-corrected chi connectivity index (χ2v) is 9.37. The van der Waals surface area contributed by atoms with Crippen LogP contribution >= 0.6 is 11.6 Å². The highest BCUT2D eigenvalue weighted by Gasteiger charge is 2.37. The number of nitrogens with zero attached hydrogens (tertiary/aromatic N) is 2. The molecule has 4 amide bonds. The van der Waals surface area contributed by atoms with Gasteiger partial charge in [0.15, 0.2) is 0 Å². The lowest BCUT2D eigenvalue weighted by Gasteiger charge is -2.26. The standard InChI is InChI=1S/C30H26ClN3O4/c1-2-20-8-12-23(13-9-20)34-29(36)26(28(35)32-30(34)37)18-21-19-33(27-7-4-3-6-25(21)27)16-5-17-38-24-14-10-22(31)11-15-24/h3-4,6-15,18-19H,2,5,16-17H2,1H3,(H,32,35,37). The van der Waals surface area contributed by atoms with Crippen molar-refractivity contribution >= 4 is 52.1 Å². The normalized spacial score (nSPS) is 14.8. The van der Waals surface area contributed by atoms with E-state index in [-0.39, 0.29) is 5.57 Å². The topological polar surface area (TPSA) is 80.6 Å². The smallest absolute Gasteiger partial charge is 0.335 e. The SMILES string of the molecule is CCc1ccc(N2C(=O)NC(=O)C(=Cc3cn(CCCOc4ccc(Cl)cc4)c4ccccc34)C2=O)cc1. The molecule has 0 radical (unpaired) electrons. The summed E-state index contributed by atoms with van der Waals surface area (Å²) in [5, 5.41) is 3.86. The van der Waals surface area contributed by atoms with Gasteiger partial charge in [-0.3, -0.25) is 14.9 Å². The molecule has 5 rings (SSSR count). The number of barbiturate groups is 1. The maximum atomic E-state index is 13.4. The third-order valence-electron chi connectivity index (χ3n) is 6.45. The van der Waals surface area contributed by atoms with E-state index in [1.807, 2.05) is 61.7 Å². The van der Waals surface area contributed by atoms with E-state index in [1.165, 1.54) is 0 Å². The molecule has 1 saturated heterocycles. The van der Waals surface area contributed by atoms with Gasteiger partial charge in [0.2, 0.25) is 0 Å². The number of para-hydroxylation sites is 1. The number of rotatable bonds is 8. The van der Waals surface area contributed by atoms with Gasteiger partial charge in [0.1, 0.15) is 11.3 Å². The van der Waals surface area contributed by atoms with Gasteiger partial charge in [0.05, 0.1) is 12.3 Å². The van der Waals surface area contributed by atoms with Gasteiger partial charge in [-0.25, -0.2) is 9.69 Å². The lowest BCUT2D eigenvalue weighted by Crippen LogP contribution is -2.54. The number of ether oxygens (including phenoxy) is 1. The van der Waals surface area contributed by atoms with Crippen LogP contribution in [0.4, 0.5) is 10.5 Å². The average molecular weight is 528 g/mol. The first kappa shape index (κ1) is 25.3. The molecule has 192 valence electrons. The minimum Gasteiger partial charge on any atom is -0.494 e. The Balaban J connectivity index is 1.38. The number of urea groups is 1. The van der Waals surface area contributed by atoms with Crippen LogP contribution in [0.2, 0.25) is 5.02 Å². The molecule has 0 atom stereocenters. The number of aryl methyl sites for hydroxylation is 2. The van der Waals surface area contributed by atoms with Crippen molar-refractivity contribution in [3.63, 3.8) is 0 Å². The van der Waals surface area contributed by atoms with Crippen molar-refractivity contribution in [3.8, 4) is 5.75 Å². The van der Waals surface area contributed by atoms with Crippen molar-refractivity contribution in [2.45, 2.75) is 26.3 Å². The highest BCUT2D eigenvalue weighted by molar-refractivity contribution is 6.39. The quantitative estimate of drug-likeness (QED) is 0.173. The van der Waals surface area contributed by atoms with Crippen LogP contribution in [-0.2, 0) is 22.6 Å². The molecule has 38 heavy (non-hydrogen) atoms. The Labute approximate surface area is 225 Å². The maximum absolute atomic E-state index is 13.4. The third kappa shape index (κ3) is 5.19. The number of halogens is 1. The van der Waals surface area contributed by atoms with Crippen LogP contribution in [0.15, 0.2) is 84.6 Å². The van der Waals surface area contributed by atoms with Crippen molar-refractivity contribution in [2.24, 2.45) is 0 Å². The third-order valence-corrected chi connectivity index (χ3v) is 6.70. The summed E-state index contributed by atoms with van der Waals surface area (Å²) >= 11 is 5.93. The number of aromatic nitrogens is 1. The van der Waals surface area contributed by atoms with Crippen LogP contribution in [0.1, 0.15) is 24.5 Å². The van der Waals surface area contributed by atoms with E-state index in [1.54, 1.807) is 30.3 Å². The van der Waals surface area contributed by atoms with Gasteiger partial charge < -0.3 is 9.30 Å². The maximum Gasteiger partial charge on any atom is 0.335 e. The van der Waals surface area contributed by atoms with Crippen molar-refractivity contribution in [1.82, 2.24) is 9.88 Å². The number of nitrogens with one attached hydrogen (secondary N) is 1. The van der Waals surface area contributed by atoms with Gasteiger partial charge in [-0.05, 0) is 66.9 Å². The van der Waals surface area contributed by atoms with Gasteiger partial charge in [0, 0.05) is 34.2 Å². The van der Waals surface area contributed by atoms with Gasteiger partial charge >= 0.3 is 6.03 Å². The van der Waals surface area contributed by atoms with Crippen molar-refractivity contribution < 1.29 is 19.1 Å². The molecule has 8 heteroatoms. The van der Waals surface area contributed by atoms with Crippen LogP contribution in [0, 0.1) is 0 Å². The molecule has 1 aliphatic heterocycles. The summed E-state index contributed by atoms with van der Waals surface area (Å²) in [7, 11) is 0. The largest absolute Gasteiger partial charge is 0.494 e. The molecule has 0 unspecified atom stereocenters. The number of carbonyl (C=O) groups is 3. The lowest BCUT2D eigenvalue weighted by molar-refractivity contribution is -0.122. The molecule has 0 bridgehead atoms. The number of benzene rings is 3. The Kier molecular flexibility index (Phi) is 7.29. The summed E-state index contributed by atoms with van der Waals surface area (Å²) in [6.07, 6.45) is 5.05. The molecule has 7 nitrogen and oxygen atoms in total. The summed E-state index contributed by atoms with van der Waals surface area (Å²) in [4.78, 5) is 39.7. The van der Waals surface area contributed by atoms with E-state index in [0.717, 1.165) is 40.0 Å². The number of hydrogen-bond donors (Lipinski definition) is 1. The minimum absolute atomic E-state index is 0.0989. The summed E-state index contributed by atoms with van der Waals surface area (Å²) < 4.78 is 7.88. The molecule has 0 aliphatic carbocycles. The molecule has 2 heterocycles. The minimum atomic E-state index is -0.760. The van der Waals surface area contributed by atoms with Gasteiger partial charge in [-0.2, -0.15) is 0 Å². The summed E-state index contributed by atoms with van der Waals surface area (Å²) in [5.41, 5.74) is 3.08. The van der Waals surface area contributed by atoms with Crippen molar-refractivity contribution in [2.75, 3.05) is 11.5 Å². The number of amides is 4. The predicted molar refractivity (Wildman–Crippen MR) is 148 cm³/mol. The molecule has 1 N–H and O–H groups in total. The van der Waals surface area contributed by atoms with Crippen molar-refractivity contribution in [3.05, 3.63) is 101 Å². The number of hydrogen-bond acceptors (Lipinski definition) is 4. The zero-order valence-corrected chi connectivity index (χ0v) is 21.6. The van der Waals surface area contributed by atoms with E-state index >= 15 is 0 Å². The fourth-order valence-electron chi connectivity index (χ4n) is 4.46. The van der Waals surface area contributed by atoms with Gasteiger partial charge in [0.25, 0.3) is 11.8 Å². The highest BCUT2D eigenvalue weighted by atomic mass is 35.5. The second kappa shape index (κ2) is 10.9. The zero-order chi connectivity index (χ0) is 26.6. The van der Waals surface area contributed by atoms with Gasteiger partial charge in [-0.15, -0.1) is 0 Å². The van der Waals surface area contributed by atoms with Crippen LogP contribution in [0.5, 0.6) is 5.75 Å². The van der Waals surface area contributed by atoms with Crippen LogP contribution in [0.25, 0.3) is 17.0 Å². The first-order chi connectivity index (χ1) is 18.4. The van der Waals surface area contributed by atoms with E-state index in [9.17, 15) is 14.4 Å². The number of imide groups is 2. The molecule has 1 aromatic heterocycles. The molecule has 0 saturated carbocycles. The molecular weight excluding hydrogens is 502 g/mol. The first-order valence-corrected chi connectivity index (χ1v) is 12.8. The zero-order valence-electron chi connectivity index (χ0n) is 20.8. The fraction of sp³-hybridized carbons (Fsp3) is 0.167. The van der Waals surface area contributed by atoms with Crippen LogP contribution < -0.4 is 15.0 Å². The Bertz CT molecular complexity index is 1540. The Morgan fingerprint density at radius 1 is 0.947 bits per heavy atom. The summed E-state index contributed by atoms with van der Waals surface area (Å²) in [6.45, 7) is 3.21. The number of anilines is 1. The second-order valence-electron chi connectivity index (χ2n) is 8.93. The summed E-state index contributed by atoms with van der Waals surface area (Å²) in [6, 6.07) is 21.4. The Hall–Kier alpha value is -4.36. The first-order valence-electron chi connectivity index (χ1n) is 12.4. The fourth-order valence-corrected chi connectivity index (χ4v) is 4.59. The molecule has 3 aromatic carbocycles. The predicted octanol–water partition coefficient (Wildman–Crippen LogP) is 5.99. The van der Waals surface area contributed by atoms with Gasteiger partial charge in [-0.1, -0.05) is 48.9 Å². The molecular formula is C30H26ClN3O4. The summed E-state index contributed by atoms with van der Waals surface area (Å²) in [5.74, 6) is -0.617. The highest BCUT2D eigenvalue weighted by Crippen LogP contribution is 2.27. The number of fused-ring (bicyclic) bond motifs is 1. The van der Waals surface area contributed by atoms with E-state index in [4.69, 9.17) is 16.3 Å². The average Bonchev–Trinajstić information content (AvgIpc) is 3.27. The van der Waals surface area contributed by atoms with Crippen molar-refractivity contribution in [1.29, 1.82) is 0 Å². The van der Waals surface area contributed by atoms with E-state index in [0.29, 0.717) is 29.4 Å². The van der Waals surface area contributed by atoms with Crippen LogP contribution in [0.3, 0.4) is 0 Å². The molecule has 1 aliphatic rings. The number of carbonyl (C=O) groups excluding carboxylic acids is 3. The van der Waals surface area contributed by atoms with Crippen LogP contribution in [-0.4, -0.2) is 29.0 Å². The molecule has 1 fully saturated rings. The molecule has 0 spiro atoms. The molecule has 4 aromatic rings. The Morgan fingerprint density at radius 2 is 1.68 bits per heavy atom. The van der Waals surface area contributed by atoms with E-state index in [2.05, 4.69) is 9.88 Å². The monoisotopic (exact) mass is 527 g/mol. The van der Waals surface area contributed by atoms with E-state index < -0.39 is 17.8 Å².